The molecule has 2 aromatic rings. The van der Waals surface area contributed by atoms with E-state index in [0.717, 1.165) is 43.9 Å². The average molecular weight is 564 g/mol. The van der Waals surface area contributed by atoms with Crippen LogP contribution in [0.3, 0.4) is 0 Å². The SMILES string of the molecule is O=C(Cc1ccccn1)N1CCOC2(C1)C(=O)N(CC1CCOCC1)CC2c1ccccc1.O=C(O)C(F)(F)F. The maximum Gasteiger partial charge on any atom is 0.490 e. The van der Waals surface area contributed by atoms with Gasteiger partial charge in [-0.25, -0.2) is 4.79 Å². The summed E-state index contributed by atoms with van der Waals surface area (Å²) in [4.78, 5) is 44.0. The Kier molecular flexibility index (Phi) is 9.41. The van der Waals surface area contributed by atoms with Gasteiger partial charge in [-0.1, -0.05) is 36.4 Å². The molecule has 1 spiro atoms. The van der Waals surface area contributed by atoms with E-state index in [9.17, 15) is 22.8 Å². The summed E-state index contributed by atoms with van der Waals surface area (Å²) in [5, 5.41) is 7.12. The molecule has 1 N–H and O–H groups in total. The molecule has 3 aliphatic rings. The van der Waals surface area contributed by atoms with Crippen molar-refractivity contribution in [2.24, 2.45) is 5.92 Å². The highest BCUT2D eigenvalue weighted by atomic mass is 19.4. The molecule has 40 heavy (non-hydrogen) atoms. The summed E-state index contributed by atoms with van der Waals surface area (Å²) >= 11 is 0. The lowest BCUT2D eigenvalue weighted by Crippen LogP contribution is -2.60. The largest absolute Gasteiger partial charge is 0.490 e. The number of likely N-dealkylation sites (tertiary alicyclic amines) is 1. The first kappa shape index (κ1) is 29.5. The molecule has 4 heterocycles. The molecule has 0 aliphatic carbocycles. The third-order valence-corrected chi connectivity index (χ3v) is 7.44. The van der Waals surface area contributed by atoms with Gasteiger partial charge in [0.25, 0.3) is 5.91 Å². The van der Waals surface area contributed by atoms with Crippen LogP contribution in [0.25, 0.3) is 0 Å². The molecule has 2 atom stereocenters. The minimum absolute atomic E-state index is 0.0122. The molecule has 2 unspecified atom stereocenters. The van der Waals surface area contributed by atoms with Gasteiger partial charge in [0, 0.05) is 50.7 Å². The Hall–Kier alpha value is -3.51. The maximum atomic E-state index is 13.9. The van der Waals surface area contributed by atoms with Crippen LogP contribution in [0.4, 0.5) is 13.2 Å². The Bertz CT molecular complexity index is 1160. The molecular weight excluding hydrogens is 531 g/mol. The van der Waals surface area contributed by atoms with Gasteiger partial charge in [-0.05, 0) is 36.5 Å². The number of hydrogen-bond acceptors (Lipinski definition) is 6. The zero-order valence-corrected chi connectivity index (χ0v) is 21.9. The van der Waals surface area contributed by atoms with Crippen LogP contribution in [-0.4, -0.2) is 95.5 Å². The molecule has 1 aromatic carbocycles. The zero-order chi connectivity index (χ0) is 28.8. The number of carbonyl (C=O) groups excluding carboxylic acids is 2. The van der Waals surface area contributed by atoms with Crippen LogP contribution in [0.1, 0.15) is 30.0 Å². The van der Waals surface area contributed by atoms with E-state index in [4.69, 9.17) is 19.4 Å². The van der Waals surface area contributed by atoms with Gasteiger partial charge < -0.3 is 24.4 Å². The number of nitrogens with zero attached hydrogens (tertiary/aromatic N) is 3. The number of amides is 2. The molecule has 1 aromatic heterocycles. The molecule has 216 valence electrons. The summed E-state index contributed by atoms with van der Waals surface area (Å²) in [5.74, 6) is -2.43. The van der Waals surface area contributed by atoms with E-state index in [1.807, 2.05) is 41.3 Å². The van der Waals surface area contributed by atoms with E-state index < -0.39 is 17.7 Å². The van der Waals surface area contributed by atoms with Gasteiger partial charge in [0.2, 0.25) is 5.91 Å². The first-order valence-electron chi connectivity index (χ1n) is 13.1. The lowest BCUT2D eigenvalue weighted by molar-refractivity contribution is -0.192. The van der Waals surface area contributed by atoms with E-state index >= 15 is 0 Å². The van der Waals surface area contributed by atoms with Crippen molar-refractivity contribution in [2.45, 2.75) is 37.0 Å². The van der Waals surface area contributed by atoms with Crippen LogP contribution in [0, 0.1) is 5.92 Å². The number of hydrogen-bond donors (Lipinski definition) is 1. The van der Waals surface area contributed by atoms with E-state index in [1.165, 1.54) is 0 Å². The topological polar surface area (TPSA) is 109 Å². The molecule has 0 bridgehead atoms. The van der Waals surface area contributed by atoms with E-state index in [-0.39, 0.29) is 30.7 Å². The quantitative estimate of drug-likeness (QED) is 0.596. The third kappa shape index (κ3) is 6.97. The zero-order valence-electron chi connectivity index (χ0n) is 21.9. The fourth-order valence-electron chi connectivity index (χ4n) is 5.39. The smallest absolute Gasteiger partial charge is 0.475 e. The Morgan fingerprint density at radius 1 is 1.05 bits per heavy atom. The number of carboxylic acids is 1. The molecule has 5 rings (SSSR count). The van der Waals surface area contributed by atoms with Crippen molar-refractivity contribution in [1.82, 2.24) is 14.8 Å². The first-order chi connectivity index (χ1) is 19.1. The second-order valence-corrected chi connectivity index (χ2v) is 10.1. The Morgan fingerprint density at radius 2 is 1.73 bits per heavy atom. The van der Waals surface area contributed by atoms with Crippen LogP contribution < -0.4 is 0 Å². The molecule has 3 fully saturated rings. The summed E-state index contributed by atoms with van der Waals surface area (Å²) in [7, 11) is 0. The number of carboxylic acid groups (broad SMARTS) is 1. The summed E-state index contributed by atoms with van der Waals surface area (Å²) < 4.78 is 43.6. The fourth-order valence-corrected chi connectivity index (χ4v) is 5.39. The number of alkyl halides is 3. The van der Waals surface area contributed by atoms with Crippen molar-refractivity contribution in [1.29, 1.82) is 0 Å². The van der Waals surface area contributed by atoms with E-state index in [2.05, 4.69) is 17.1 Å². The molecule has 3 aliphatic heterocycles. The number of benzene rings is 1. The summed E-state index contributed by atoms with van der Waals surface area (Å²) in [6, 6.07) is 15.7. The van der Waals surface area contributed by atoms with Crippen LogP contribution in [0.2, 0.25) is 0 Å². The third-order valence-electron chi connectivity index (χ3n) is 7.44. The number of rotatable bonds is 5. The highest BCUT2D eigenvalue weighted by Gasteiger charge is 2.58. The lowest BCUT2D eigenvalue weighted by Gasteiger charge is -2.42. The fraction of sp³-hybridized carbons (Fsp3) is 0.500. The molecule has 0 saturated carbocycles. The van der Waals surface area contributed by atoms with Crippen molar-refractivity contribution < 1.29 is 42.1 Å². The van der Waals surface area contributed by atoms with Crippen LogP contribution in [-0.2, 0) is 30.3 Å². The number of pyridine rings is 1. The Balaban J connectivity index is 0.000000470. The van der Waals surface area contributed by atoms with Crippen molar-refractivity contribution in [3.63, 3.8) is 0 Å². The first-order valence-corrected chi connectivity index (χ1v) is 13.1. The van der Waals surface area contributed by atoms with Crippen LogP contribution in [0.15, 0.2) is 54.7 Å². The minimum Gasteiger partial charge on any atom is -0.475 e. The second kappa shape index (κ2) is 12.8. The molecule has 3 saturated heterocycles. The van der Waals surface area contributed by atoms with Gasteiger partial charge in [0.05, 0.1) is 19.6 Å². The predicted octanol–water partition coefficient (Wildman–Crippen LogP) is 2.91. The normalized spacial score (nSPS) is 23.6. The van der Waals surface area contributed by atoms with Gasteiger partial charge in [0.1, 0.15) is 0 Å². The van der Waals surface area contributed by atoms with E-state index in [0.29, 0.717) is 25.6 Å². The minimum atomic E-state index is -5.08. The number of ether oxygens (including phenoxy) is 2. The summed E-state index contributed by atoms with van der Waals surface area (Å²) in [6.07, 6.45) is -1.21. The molecular formula is C28H32F3N3O6. The highest BCUT2D eigenvalue weighted by Crippen LogP contribution is 2.42. The summed E-state index contributed by atoms with van der Waals surface area (Å²) in [6.45, 7) is 3.97. The number of halogens is 3. The van der Waals surface area contributed by atoms with Gasteiger partial charge in [-0.3, -0.25) is 14.6 Å². The molecule has 2 amide bonds. The molecule has 0 radical (unpaired) electrons. The lowest BCUT2D eigenvalue weighted by atomic mass is 9.83. The molecule has 9 nitrogen and oxygen atoms in total. The Labute approximate surface area is 229 Å². The monoisotopic (exact) mass is 563 g/mol. The van der Waals surface area contributed by atoms with Gasteiger partial charge >= 0.3 is 12.1 Å². The molecule has 12 heteroatoms. The van der Waals surface area contributed by atoms with Gasteiger partial charge in [-0.2, -0.15) is 13.2 Å². The number of aromatic nitrogens is 1. The highest BCUT2D eigenvalue weighted by molar-refractivity contribution is 5.91. The predicted molar refractivity (Wildman–Crippen MR) is 136 cm³/mol. The average Bonchev–Trinajstić information content (AvgIpc) is 3.20. The van der Waals surface area contributed by atoms with Crippen molar-refractivity contribution in [3.8, 4) is 0 Å². The summed E-state index contributed by atoms with van der Waals surface area (Å²) in [5.41, 5.74) is 0.783. The van der Waals surface area contributed by atoms with Crippen molar-refractivity contribution in [3.05, 3.63) is 66.0 Å². The van der Waals surface area contributed by atoms with Crippen LogP contribution in [0.5, 0.6) is 0 Å². The van der Waals surface area contributed by atoms with E-state index in [1.54, 1.807) is 11.1 Å². The van der Waals surface area contributed by atoms with Crippen molar-refractivity contribution in [2.75, 3.05) is 46.0 Å². The standard InChI is InChI=1S/C26H31N3O4.C2HF3O2/c30-24(16-22-8-4-5-11-27-22)28-12-15-33-26(19-28)23(21-6-2-1-3-7-21)18-29(25(26)31)17-20-9-13-32-14-10-20;3-2(4,5)1(6)7/h1-8,11,20,23H,9-10,12-19H2;(H,6,7). The van der Waals surface area contributed by atoms with Crippen LogP contribution >= 0.6 is 0 Å². The van der Waals surface area contributed by atoms with Gasteiger partial charge in [-0.15, -0.1) is 0 Å². The van der Waals surface area contributed by atoms with Crippen molar-refractivity contribution >= 4 is 17.8 Å². The van der Waals surface area contributed by atoms with Gasteiger partial charge in [0.15, 0.2) is 5.60 Å². The number of morpholine rings is 1. The number of aliphatic carboxylic acids is 1. The second-order valence-electron chi connectivity index (χ2n) is 10.1. The number of carbonyl (C=O) groups is 3. The maximum absolute atomic E-state index is 13.9. The Morgan fingerprint density at radius 3 is 2.35 bits per heavy atom.